The molecule has 1 aliphatic rings. The number of likely N-dealkylation sites (tertiary alicyclic amines) is 1. The van der Waals surface area contributed by atoms with Crippen molar-refractivity contribution in [2.75, 3.05) is 38.7 Å². The highest BCUT2D eigenvalue weighted by Gasteiger charge is 2.15. The molecule has 1 aromatic rings. The maximum atomic E-state index is 4.30. The molecule has 1 fully saturated rings. The number of unbranched alkanes of at least 4 members (excludes halogenated alkanes) is 1. The molecule has 0 aromatic heterocycles. The maximum Gasteiger partial charge on any atom is 0.191 e. The third-order valence-electron chi connectivity index (χ3n) is 5.06. The van der Waals surface area contributed by atoms with Gasteiger partial charge in [0, 0.05) is 26.7 Å². The number of halogens is 1. The van der Waals surface area contributed by atoms with E-state index in [-0.39, 0.29) is 24.0 Å². The molecule has 0 unspecified atom stereocenters. The summed E-state index contributed by atoms with van der Waals surface area (Å²) in [5.74, 6) is 3.02. The first-order valence-corrected chi connectivity index (χ1v) is 11.3. The van der Waals surface area contributed by atoms with Crippen LogP contribution in [0.2, 0.25) is 0 Å². The van der Waals surface area contributed by atoms with E-state index in [0.717, 1.165) is 31.5 Å². The smallest absolute Gasteiger partial charge is 0.191 e. The minimum atomic E-state index is 0. The molecule has 6 heteroatoms. The number of thioether (sulfide) groups is 1. The van der Waals surface area contributed by atoms with Gasteiger partial charge in [-0.1, -0.05) is 31.2 Å². The molecule has 0 spiro atoms. The second-order valence-electron chi connectivity index (χ2n) is 7.33. The molecule has 1 aromatic carbocycles. The van der Waals surface area contributed by atoms with Gasteiger partial charge in [0.05, 0.1) is 0 Å². The number of nitrogens with zero attached hydrogens (tertiary/aromatic N) is 2. The topological polar surface area (TPSA) is 39.7 Å². The number of piperidine rings is 1. The molecule has 0 radical (unpaired) electrons. The average molecular weight is 505 g/mol. The fraction of sp³-hybridized carbons (Fsp3) is 0.667. The van der Waals surface area contributed by atoms with Gasteiger partial charge in [-0.25, -0.2) is 0 Å². The van der Waals surface area contributed by atoms with Crippen molar-refractivity contribution < 1.29 is 0 Å². The lowest BCUT2D eigenvalue weighted by molar-refractivity contribution is 0.185. The van der Waals surface area contributed by atoms with Crippen molar-refractivity contribution in [2.45, 2.75) is 45.7 Å². The van der Waals surface area contributed by atoms with Crippen LogP contribution in [0.4, 0.5) is 0 Å². The van der Waals surface area contributed by atoms with E-state index < -0.39 is 0 Å². The molecule has 1 heterocycles. The van der Waals surface area contributed by atoms with E-state index in [1.165, 1.54) is 55.7 Å². The van der Waals surface area contributed by atoms with Crippen molar-refractivity contribution in [3.63, 3.8) is 0 Å². The number of nitrogens with one attached hydrogen (secondary N) is 2. The fourth-order valence-corrected chi connectivity index (χ4v) is 3.72. The Balaban J connectivity index is 0.00000364. The van der Waals surface area contributed by atoms with E-state index >= 15 is 0 Å². The summed E-state index contributed by atoms with van der Waals surface area (Å²) in [6.07, 6.45) is 7.27. The number of benzene rings is 1. The van der Waals surface area contributed by atoms with Gasteiger partial charge in [-0.15, -0.1) is 24.0 Å². The van der Waals surface area contributed by atoms with Crippen LogP contribution in [0, 0.1) is 5.92 Å². The predicted octanol–water partition coefficient (Wildman–Crippen LogP) is 4.34. The van der Waals surface area contributed by atoms with Crippen molar-refractivity contribution in [2.24, 2.45) is 10.9 Å². The first-order chi connectivity index (χ1) is 12.7. The van der Waals surface area contributed by atoms with Gasteiger partial charge in [0.15, 0.2) is 5.96 Å². The fourth-order valence-electron chi connectivity index (χ4n) is 3.23. The largest absolute Gasteiger partial charge is 0.356 e. The number of guanidine groups is 1. The van der Waals surface area contributed by atoms with Crippen molar-refractivity contribution >= 4 is 41.7 Å². The van der Waals surface area contributed by atoms with Gasteiger partial charge in [-0.3, -0.25) is 9.89 Å². The molecule has 0 saturated carbocycles. The summed E-state index contributed by atoms with van der Waals surface area (Å²) < 4.78 is 0. The van der Waals surface area contributed by atoms with Crippen LogP contribution in [0.15, 0.2) is 29.3 Å². The quantitative estimate of drug-likeness (QED) is 0.227. The Morgan fingerprint density at radius 1 is 1.11 bits per heavy atom. The minimum Gasteiger partial charge on any atom is -0.356 e. The van der Waals surface area contributed by atoms with E-state index in [1.807, 2.05) is 18.8 Å². The van der Waals surface area contributed by atoms with E-state index in [4.69, 9.17) is 0 Å². The second kappa shape index (κ2) is 14.5. The molecule has 0 amide bonds. The van der Waals surface area contributed by atoms with Crippen LogP contribution >= 0.6 is 35.7 Å². The van der Waals surface area contributed by atoms with Gasteiger partial charge in [0.1, 0.15) is 0 Å². The molecule has 0 aliphatic carbocycles. The summed E-state index contributed by atoms with van der Waals surface area (Å²) in [6.45, 7) is 7.72. The highest BCUT2D eigenvalue weighted by Crippen LogP contribution is 2.18. The van der Waals surface area contributed by atoms with Gasteiger partial charge in [0.2, 0.25) is 0 Å². The van der Waals surface area contributed by atoms with Gasteiger partial charge < -0.3 is 10.6 Å². The van der Waals surface area contributed by atoms with E-state index in [1.54, 1.807) is 0 Å². The molecule has 154 valence electrons. The Hall–Kier alpha value is -0.470. The first-order valence-electron chi connectivity index (χ1n) is 9.95. The summed E-state index contributed by atoms with van der Waals surface area (Å²) in [6, 6.07) is 9.02. The third-order valence-corrected chi connectivity index (χ3v) is 5.75. The number of rotatable bonds is 9. The Kier molecular flexibility index (Phi) is 13.2. The first kappa shape index (κ1) is 24.6. The van der Waals surface area contributed by atoms with Crippen molar-refractivity contribution in [1.29, 1.82) is 0 Å². The zero-order valence-corrected chi connectivity index (χ0v) is 20.3. The predicted molar refractivity (Wildman–Crippen MR) is 131 cm³/mol. The summed E-state index contributed by atoms with van der Waals surface area (Å²) >= 11 is 1.91. The molecular formula is C21H37IN4S. The number of hydrogen-bond acceptors (Lipinski definition) is 3. The van der Waals surface area contributed by atoms with Crippen LogP contribution < -0.4 is 10.6 Å². The van der Waals surface area contributed by atoms with Gasteiger partial charge in [0.25, 0.3) is 0 Å². The van der Waals surface area contributed by atoms with Crippen LogP contribution in [0.3, 0.4) is 0 Å². The lowest BCUT2D eigenvalue weighted by atomic mass is 9.99. The zero-order valence-electron chi connectivity index (χ0n) is 17.2. The van der Waals surface area contributed by atoms with Crippen molar-refractivity contribution in [3.8, 4) is 0 Å². The highest BCUT2D eigenvalue weighted by molar-refractivity contribution is 14.0. The normalized spacial score (nSPS) is 16.0. The lowest BCUT2D eigenvalue weighted by Crippen LogP contribution is -2.37. The Labute approximate surface area is 187 Å². The van der Waals surface area contributed by atoms with E-state index in [2.05, 4.69) is 58.0 Å². The molecule has 0 bridgehead atoms. The molecular weight excluding hydrogens is 467 g/mol. The van der Waals surface area contributed by atoms with Crippen LogP contribution in [0.1, 0.15) is 43.7 Å². The molecule has 4 nitrogen and oxygen atoms in total. The summed E-state index contributed by atoms with van der Waals surface area (Å²) in [5.41, 5.74) is 2.71. The minimum absolute atomic E-state index is 0. The molecule has 2 rings (SSSR count). The van der Waals surface area contributed by atoms with E-state index in [9.17, 15) is 0 Å². The van der Waals surface area contributed by atoms with E-state index in [0.29, 0.717) is 0 Å². The van der Waals surface area contributed by atoms with Gasteiger partial charge in [-0.05, 0) is 67.8 Å². The monoisotopic (exact) mass is 504 g/mol. The molecule has 1 saturated heterocycles. The van der Waals surface area contributed by atoms with Crippen LogP contribution in [0.25, 0.3) is 0 Å². The van der Waals surface area contributed by atoms with Crippen LogP contribution in [0.5, 0.6) is 0 Å². The molecule has 2 N–H and O–H groups in total. The summed E-state index contributed by atoms with van der Waals surface area (Å²) in [4.78, 5) is 6.88. The Bertz CT molecular complexity index is 527. The SMILES string of the molecule is CN=C(NCCCCSC)NCc1ccc(CN2CCC(C)CC2)cc1.I. The Morgan fingerprint density at radius 3 is 2.41 bits per heavy atom. The summed E-state index contributed by atoms with van der Waals surface area (Å²) in [5, 5.41) is 6.80. The molecule has 27 heavy (non-hydrogen) atoms. The molecule has 1 aliphatic heterocycles. The molecule has 0 atom stereocenters. The van der Waals surface area contributed by atoms with Crippen LogP contribution in [-0.4, -0.2) is 49.6 Å². The van der Waals surface area contributed by atoms with Crippen molar-refractivity contribution in [1.82, 2.24) is 15.5 Å². The van der Waals surface area contributed by atoms with Crippen molar-refractivity contribution in [3.05, 3.63) is 35.4 Å². The number of aliphatic imine (C=N–C) groups is 1. The lowest BCUT2D eigenvalue weighted by Gasteiger charge is -2.30. The highest BCUT2D eigenvalue weighted by atomic mass is 127. The van der Waals surface area contributed by atoms with Gasteiger partial charge >= 0.3 is 0 Å². The zero-order chi connectivity index (χ0) is 18.6. The third kappa shape index (κ3) is 10.0. The van der Waals surface area contributed by atoms with Crippen LogP contribution in [-0.2, 0) is 13.1 Å². The average Bonchev–Trinajstić information content (AvgIpc) is 2.67. The summed E-state index contributed by atoms with van der Waals surface area (Å²) in [7, 11) is 1.83. The Morgan fingerprint density at radius 2 is 1.78 bits per heavy atom. The van der Waals surface area contributed by atoms with Gasteiger partial charge in [-0.2, -0.15) is 11.8 Å². The number of hydrogen-bond donors (Lipinski definition) is 2. The standard InChI is InChI=1S/C21H36N4S.HI/c1-18-10-13-25(14-11-18)17-20-8-6-19(7-9-20)16-24-21(22-2)23-12-4-5-15-26-3;/h6-9,18H,4-5,10-17H2,1-3H3,(H2,22,23,24);1H. The second-order valence-corrected chi connectivity index (χ2v) is 8.31. The maximum absolute atomic E-state index is 4.30.